The molecule has 4 rings (SSSR count). The van der Waals surface area contributed by atoms with Gasteiger partial charge >= 0.3 is 0 Å². The monoisotopic (exact) mass is 553 g/mol. The number of nitrogens with zero attached hydrogens (tertiary/aromatic N) is 1. The van der Waals surface area contributed by atoms with Gasteiger partial charge in [0.2, 0.25) is 5.91 Å². The second-order valence-electron chi connectivity index (χ2n) is 13.5. The van der Waals surface area contributed by atoms with Crippen molar-refractivity contribution in [2.75, 3.05) is 20.2 Å². The Bertz CT molecular complexity index is 936. The molecule has 0 aromatic heterocycles. The fourth-order valence-corrected chi connectivity index (χ4v) is 8.01. The maximum atomic E-state index is 15.4. The van der Waals surface area contributed by atoms with Crippen LogP contribution in [0, 0.1) is 23.6 Å². The number of carbonyl (C=O) groups excluding carboxylic acids is 1. The zero-order valence-electron chi connectivity index (χ0n) is 25.8. The summed E-state index contributed by atoms with van der Waals surface area (Å²) in [6.45, 7) is 8.87. The zero-order chi connectivity index (χ0) is 28.5. The van der Waals surface area contributed by atoms with E-state index in [-0.39, 0.29) is 23.7 Å². The number of ether oxygens (including phenoxy) is 1. The fraction of sp³-hybridized carbons (Fsp3) is 0.750. The molecule has 0 bridgehead atoms. The lowest BCUT2D eigenvalue weighted by Crippen LogP contribution is -2.32. The molecule has 0 heterocycles. The van der Waals surface area contributed by atoms with Crippen LogP contribution in [-0.4, -0.2) is 37.1 Å². The number of hydrogen-bond acceptors (Lipinski definition) is 2. The van der Waals surface area contributed by atoms with E-state index in [0.717, 1.165) is 49.0 Å². The van der Waals surface area contributed by atoms with Gasteiger partial charge in [0.05, 0.1) is 12.7 Å². The van der Waals surface area contributed by atoms with E-state index in [1.807, 2.05) is 6.07 Å². The van der Waals surface area contributed by atoms with Gasteiger partial charge in [-0.05, 0) is 118 Å². The van der Waals surface area contributed by atoms with Gasteiger partial charge in [-0.1, -0.05) is 64.2 Å². The van der Waals surface area contributed by atoms with Crippen LogP contribution in [-0.2, 0) is 9.53 Å². The van der Waals surface area contributed by atoms with Crippen LogP contribution >= 0.6 is 0 Å². The predicted octanol–water partition coefficient (Wildman–Crippen LogP) is 9.56. The molecule has 0 atom stereocenters. The van der Waals surface area contributed by atoms with Gasteiger partial charge in [0, 0.05) is 19.2 Å². The highest BCUT2D eigenvalue weighted by Crippen LogP contribution is 2.45. The lowest BCUT2D eigenvalue weighted by molar-refractivity contribution is -0.126. The number of unbranched alkanes of at least 4 members (excludes halogenated alkanes) is 2. The third kappa shape index (κ3) is 8.66. The molecule has 1 aromatic rings. The molecule has 224 valence electrons. The molecule has 1 amide bonds. The molecular weight excluding hydrogens is 497 g/mol. The third-order valence-corrected chi connectivity index (χ3v) is 10.6. The van der Waals surface area contributed by atoms with E-state index < -0.39 is 0 Å². The largest absolute Gasteiger partial charge is 0.376 e. The number of benzene rings is 1. The lowest BCUT2D eigenvalue weighted by atomic mass is 9.68. The smallest absolute Gasteiger partial charge is 0.248 e. The van der Waals surface area contributed by atoms with Crippen molar-refractivity contribution in [1.82, 2.24) is 4.90 Å². The summed E-state index contributed by atoms with van der Waals surface area (Å²) < 4.78 is 21.4. The normalized spacial score (nSPS) is 29.2. The molecule has 0 aliphatic heterocycles. The minimum absolute atomic E-state index is 0.00493. The molecule has 4 heteroatoms. The van der Waals surface area contributed by atoms with Gasteiger partial charge in [-0.25, -0.2) is 4.39 Å². The number of hydrogen-bond donors (Lipinski definition) is 0. The Hall–Kier alpha value is -1.68. The topological polar surface area (TPSA) is 29.5 Å². The molecule has 1 aromatic carbocycles. The second kappa shape index (κ2) is 15.5. The molecule has 3 aliphatic rings. The number of likely N-dealkylation sites (N-methyl/N-ethyl adjacent to an activating group) is 1. The Labute approximate surface area is 244 Å². The van der Waals surface area contributed by atoms with E-state index in [0.29, 0.717) is 24.6 Å². The lowest BCUT2D eigenvalue weighted by Gasteiger charge is -2.38. The summed E-state index contributed by atoms with van der Waals surface area (Å²) >= 11 is 0. The van der Waals surface area contributed by atoms with Crippen molar-refractivity contribution in [3.63, 3.8) is 0 Å². The van der Waals surface area contributed by atoms with Crippen molar-refractivity contribution >= 4 is 5.91 Å². The highest BCUT2D eigenvalue weighted by atomic mass is 19.1. The quantitative estimate of drug-likeness (QED) is 0.190. The predicted molar refractivity (Wildman–Crippen MR) is 164 cm³/mol. The molecule has 0 radical (unpaired) electrons. The molecular formula is C36H56FNO2. The van der Waals surface area contributed by atoms with Crippen molar-refractivity contribution in [2.45, 2.75) is 135 Å². The summed E-state index contributed by atoms with van der Waals surface area (Å²) in [5.74, 6) is 3.63. The Kier molecular flexibility index (Phi) is 12.1. The van der Waals surface area contributed by atoms with Crippen LogP contribution in [0.2, 0.25) is 0 Å². The van der Waals surface area contributed by atoms with Crippen LogP contribution in [0.3, 0.4) is 0 Å². The Balaban J connectivity index is 1.17. The van der Waals surface area contributed by atoms with E-state index in [9.17, 15) is 4.79 Å². The van der Waals surface area contributed by atoms with Crippen LogP contribution in [0.4, 0.5) is 4.39 Å². The van der Waals surface area contributed by atoms with Crippen LogP contribution in [0.5, 0.6) is 0 Å². The van der Waals surface area contributed by atoms with Gasteiger partial charge in [0.1, 0.15) is 5.82 Å². The van der Waals surface area contributed by atoms with E-state index in [4.69, 9.17) is 4.74 Å². The summed E-state index contributed by atoms with van der Waals surface area (Å²) in [7, 11) is 1.79. The van der Waals surface area contributed by atoms with Crippen molar-refractivity contribution in [2.24, 2.45) is 17.8 Å². The van der Waals surface area contributed by atoms with E-state index in [1.54, 1.807) is 18.9 Å². The van der Waals surface area contributed by atoms with Crippen LogP contribution in [0.15, 0.2) is 30.4 Å². The highest BCUT2D eigenvalue weighted by molar-refractivity contribution is 5.91. The van der Waals surface area contributed by atoms with E-state index in [2.05, 4.69) is 25.6 Å². The third-order valence-electron chi connectivity index (χ3n) is 10.6. The minimum Gasteiger partial charge on any atom is -0.376 e. The molecule has 3 aliphatic carbocycles. The van der Waals surface area contributed by atoms with Gasteiger partial charge in [0.15, 0.2) is 0 Å². The summed E-state index contributed by atoms with van der Waals surface area (Å²) in [5.41, 5.74) is 2.68. The van der Waals surface area contributed by atoms with Gasteiger partial charge in [0.25, 0.3) is 0 Å². The van der Waals surface area contributed by atoms with Crippen LogP contribution < -0.4 is 0 Å². The second-order valence-corrected chi connectivity index (χ2v) is 13.5. The molecule has 0 spiro atoms. The average Bonchev–Trinajstić information content (AvgIpc) is 2.97. The fourth-order valence-electron chi connectivity index (χ4n) is 8.01. The first-order valence-electron chi connectivity index (χ1n) is 16.7. The molecule has 0 N–H and O–H groups in total. The molecule has 3 saturated carbocycles. The van der Waals surface area contributed by atoms with Gasteiger partial charge in [-0.3, -0.25) is 4.79 Å². The van der Waals surface area contributed by atoms with Crippen LogP contribution in [0.1, 0.15) is 140 Å². The Morgan fingerprint density at radius 2 is 1.55 bits per heavy atom. The van der Waals surface area contributed by atoms with Gasteiger partial charge in [-0.2, -0.15) is 0 Å². The van der Waals surface area contributed by atoms with E-state index >= 15 is 4.39 Å². The first kappa shape index (κ1) is 31.3. The zero-order valence-corrected chi connectivity index (χ0v) is 25.8. The minimum atomic E-state index is -0.0327. The van der Waals surface area contributed by atoms with Crippen molar-refractivity contribution in [1.29, 1.82) is 0 Å². The molecule has 0 unspecified atom stereocenters. The number of amides is 1. The summed E-state index contributed by atoms with van der Waals surface area (Å²) in [6, 6.07) is 6.21. The molecule has 3 nitrogen and oxygen atoms in total. The standard InChI is InChI=1S/C36H56FNO2/c1-5-6-7-8-27-9-11-28(12-10-27)29-13-15-30(16-14-29)32-19-22-34(35(37)25-32)31-17-20-33(21-18-31)40-24-23-38(4)36(39)26(2)3/h19,22,25,27-31,33H,2,5-18,20-21,23-24H2,1,3-4H3. The average molecular weight is 554 g/mol. The highest BCUT2D eigenvalue weighted by Gasteiger charge is 2.32. The Morgan fingerprint density at radius 3 is 2.15 bits per heavy atom. The summed E-state index contributed by atoms with van der Waals surface area (Å²) in [6.07, 6.45) is 20.6. The SMILES string of the molecule is C=C(C)C(=O)N(C)CCOC1CCC(c2ccc(C3CCC(C4CCC(CCCCC)CC4)CC3)cc2F)CC1. The number of rotatable bonds is 12. The maximum Gasteiger partial charge on any atom is 0.248 e. The van der Waals surface area contributed by atoms with Gasteiger partial charge in [-0.15, -0.1) is 0 Å². The molecule has 3 fully saturated rings. The molecule has 0 saturated heterocycles. The summed E-state index contributed by atoms with van der Waals surface area (Å²) in [4.78, 5) is 13.6. The first-order valence-corrected chi connectivity index (χ1v) is 16.7. The summed E-state index contributed by atoms with van der Waals surface area (Å²) in [5, 5.41) is 0. The van der Waals surface area contributed by atoms with Crippen LogP contribution in [0.25, 0.3) is 0 Å². The van der Waals surface area contributed by atoms with Gasteiger partial charge < -0.3 is 9.64 Å². The van der Waals surface area contributed by atoms with Crippen molar-refractivity contribution < 1.29 is 13.9 Å². The van der Waals surface area contributed by atoms with Crippen molar-refractivity contribution in [3.05, 3.63) is 47.3 Å². The van der Waals surface area contributed by atoms with Crippen molar-refractivity contribution in [3.8, 4) is 0 Å². The Morgan fingerprint density at radius 1 is 0.925 bits per heavy atom. The first-order chi connectivity index (χ1) is 19.4. The number of halogens is 1. The number of carbonyl (C=O) groups is 1. The maximum absolute atomic E-state index is 15.4. The van der Waals surface area contributed by atoms with E-state index in [1.165, 1.54) is 82.6 Å². The molecule has 40 heavy (non-hydrogen) atoms.